The fourth-order valence-corrected chi connectivity index (χ4v) is 2.54. The highest BCUT2D eigenvalue weighted by atomic mass is 35.5. The molecule has 1 aromatic rings. The Kier molecular flexibility index (Phi) is 8.87. The molecule has 0 aromatic carbocycles. The summed E-state index contributed by atoms with van der Waals surface area (Å²) >= 11 is 0. The molecule has 1 fully saturated rings. The van der Waals surface area contributed by atoms with Crippen molar-refractivity contribution >= 4 is 30.7 Å². The molecule has 2 rings (SSSR count). The zero-order valence-corrected chi connectivity index (χ0v) is 13.9. The van der Waals surface area contributed by atoms with Crippen molar-refractivity contribution in [1.82, 2.24) is 10.3 Å². The van der Waals surface area contributed by atoms with E-state index in [-0.39, 0.29) is 36.5 Å². The van der Waals surface area contributed by atoms with E-state index in [1.54, 1.807) is 0 Å². The highest BCUT2D eigenvalue weighted by Crippen LogP contribution is 2.28. The van der Waals surface area contributed by atoms with Crippen LogP contribution in [0.5, 0.6) is 0 Å². The van der Waals surface area contributed by atoms with E-state index in [0.29, 0.717) is 18.7 Å². The van der Waals surface area contributed by atoms with E-state index in [2.05, 4.69) is 10.3 Å². The largest absolute Gasteiger partial charge is 0.417 e. The first kappa shape index (κ1) is 21.9. The summed E-state index contributed by atoms with van der Waals surface area (Å²) in [5.41, 5.74) is 4.99. The molecule has 23 heavy (non-hydrogen) atoms. The number of hydrogen-bond donors (Lipinski definition) is 2. The minimum atomic E-state index is -4.44. The summed E-state index contributed by atoms with van der Waals surface area (Å²) in [7, 11) is 0. The summed E-state index contributed by atoms with van der Waals surface area (Å²) in [6.07, 6.45) is 0.145. The van der Waals surface area contributed by atoms with Crippen molar-refractivity contribution in [3.05, 3.63) is 29.6 Å². The van der Waals surface area contributed by atoms with Gasteiger partial charge in [-0.15, -0.1) is 24.8 Å². The van der Waals surface area contributed by atoms with Gasteiger partial charge < -0.3 is 11.1 Å². The molecule has 0 radical (unpaired) electrons. The zero-order chi connectivity index (χ0) is 15.5. The molecule has 1 saturated carbocycles. The summed E-state index contributed by atoms with van der Waals surface area (Å²) in [5, 5.41) is 2.71. The van der Waals surface area contributed by atoms with Crippen LogP contribution in [0.1, 0.15) is 41.7 Å². The molecule has 132 valence electrons. The third kappa shape index (κ3) is 6.53. The number of amides is 1. The van der Waals surface area contributed by atoms with Crippen molar-refractivity contribution in [1.29, 1.82) is 0 Å². The van der Waals surface area contributed by atoms with Gasteiger partial charge in [-0.05, 0) is 37.3 Å². The Morgan fingerprint density at radius 3 is 2.52 bits per heavy atom. The van der Waals surface area contributed by atoms with Gasteiger partial charge in [0.1, 0.15) is 5.69 Å². The topological polar surface area (TPSA) is 68.0 Å². The van der Waals surface area contributed by atoms with Crippen LogP contribution in [-0.2, 0) is 6.18 Å². The number of nitrogens with one attached hydrogen (secondary N) is 1. The minimum Gasteiger partial charge on any atom is -0.350 e. The molecule has 0 bridgehead atoms. The Morgan fingerprint density at radius 1 is 1.30 bits per heavy atom. The highest BCUT2D eigenvalue weighted by molar-refractivity contribution is 5.92. The van der Waals surface area contributed by atoms with Crippen LogP contribution in [0.3, 0.4) is 0 Å². The van der Waals surface area contributed by atoms with Gasteiger partial charge in [-0.25, -0.2) is 0 Å². The van der Waals surface area contributed by atoms with Gasteiger partial charge in [-0.1, -0.05) is 6.42 Å². The van der Waals surface area contributed by atoms with Gasteiger partial charge in [-0.2, -0.15) is 13.2 Å². The molecule has 1 aliphatic rings. The van der Waals surface area contributed by atoms with Crippen LogP contribution in [-0.4, -0.2) is 23.5 Å². The van der Waals surface area contributed by atoms with E-state index in [4.69, 9.17) is 5.73 Å². The third-order valence-electron chi connectivity index (χ3n) is 3.70. The zero-order valence-electron chi connectivity index (χ0n) is 12.3. The maximum Gasteiger partial charge on any atom is 0.417 e. The van der Waals surface area contributed by atoms with E-state index >= 15 is 0 Å². The Labute approximate surface area is 145 Å². The second-order valence-electron chi connectivity index (χ2n) is 5.43. The molecule has 9 heteroatoms. The predicted molar refractivity (Wildman–Crippen MR) is 86.0 cm³/mol. The SMILES string of the molecule is Cl.Cl.NC1CCCC(CNC(=O)c2ccc(C(F)(F)F)cn2)C1. The van der Waals surface area contributed by atoms with E-state index in [1.807, 2.05) is 0 Å². The molecule has 2 atom stereocenters. The van der Waals surface area contributed by atoms with Crippen LogP contribution in [0, 0.1) is 5.92 Å². The molecule has 1 amide bonds. The van der Waals surface area contributed by atoms with E-state index < -0.39 is 17.6 Å². The molecule has 0 spiro atoms. The van der Waals surface area contributed by atoms with Crippen molar-refractivity contribution in [2.75, 3.05) is 6.54 Å². The fourth-order valence-electron chi connectivity index (χ4n) is 2.54. The number of alkyl halides is 3. The van der Waals surface area contributed by atoms with E-state index in [0.717, 1.165) is 37.8 Å². The lowest BCUT2D eigenvalue weighted by atomic mass is 9.86. The number of nitrogens with two attached hydrogens (primary N) is 1. The number of nitrogens with zero attached hydrogens (tertiary/aromatic N) is 1. The normalized spacial score (nSPS) is 20.9. The van der Waals surface area contributed by atoms with Gasteiger partial charge in [0.2, 0.25) is 0 Å². The molecule has 2 unspecified atom stereocenters. The first-order valence-electron chi connectivity index (χ1n) is 6.93. The maximum atomic E-state index is 12.4. The first-order chi connectivity index (χ1) is 9.86. The average molecular weight is 374 g/mol. The maximum absolute atomic E-state index is 12.4. The molecule has 1 heterocycles. The molecule has 0 aliphatic heterocycles. The summed E-state index contributed by atoms with van der Waals surface area (Å²) < 4.78 is 37.2. The molecule has 3 N–H and O–H groups in total. The molecule has 4 nitrogen and oxygen atoms in total. The highest BCUT2D eigenvalue weighted by Gasteiger charge is 2.31. The number of carbonyl (C=O) groups excluding carboxylic acids is 1. The number of carbonyl (C=O) groups is 1. The second-order valence-corrected chi connectivity index (χ2v) is 5.43. The number of halogens is 5. The van der Waals surface area contributed by atoms with Gasteiger partial charge in [0, 0.05) is 18.8 Å². The van der Waals surface area contributed by atoms with Gasteiger partial charge in [0.25, 0.3) is 5.91 Å². The molecule has 1 aromatic heterocycles. The lowest BCUT2D eigenvalue weighted by Gasteiger charge is -2.26. The Balaban J connectivity index is 0.00000242. The summed E-state index contributed by atoms with van der Waals surface area (Å²) in [4.78, 5) is 15.4. The van der Waals surface area contributed by atoms with Crippen LogP contribution in [0.25, 0.3) is 0 Å². The molecular formula is C14H20Cl2F3N3O. The smallest absolute Gasteiger partial charge is 0.350 e. The lowest BCUT2D eigenvalue weighted by Crippen LogP contribution is -2.35. The average Bonchev–Trinajstić information content (AvgIpc) is 2.44. The quantitative estimate of drug-likeness (QED) is 0.854. The number of pyridine rings is 1. The Morgan fingerprint density at radius 2 is 2.00 bits per heavy atom. The first-order valence-corrected chi connectivity index (χ1v) is 6.93. The number of aromatic nitrogens is 1. The van der Waals surface area contributed by atoms with Crippen LogP contribution < -0.4 is 11.1 Å². The van der Waals surface area contributed by atoms with E-state index in [9.17, 15) is 18.0 Å². The second kappa shape index (κ2) is 9.30. The summed E-state index contributed by atoms with van der Waals surface area (Å²) in [6.45, 7) is 0.481. The van der Waals surface area contributed by atoms with Crippen molar-refractivity contribution in [3.8, 4) is 0 Å². The van der Waals surface area contributed by atoms with Crippen molar-refractivity contribution in [2.24, 2.45) is 11.7 Å². The number of rotatable bonds is 3. The fraction of sp³-hybridized carbons (Fsp3) is 0.571. The summed E-state index contributed by atoms with van der Waals surface area (Å²) in [6, 6.07) is 2.12. The van der Waals surface area contributed by atoms with E-state index in [1.165, 1.54) is 0 Å². The number of hydrogen-bond acceptors (Lipinski definition) is 3. The Hall–Kier alpha value is -1.05. The predicted octanol–water partition coefficient (Wildman–Crippen LogP) is 3.19. The van der Waals surface area contributed by atoms with Gasteiger partial charge in [0.15, 0.2) is 0 Å². The van der Waals surface area contributed by atoms with Crippen LogP contribution in [0.4, 0.5) is 13.2 Å². The minimum absolute atomic E-state index is 0. The summed E-state index contributed by atoms with van der Waals surface area (Å²) in [5.74, 6) is -0.130. The van der Waals surface area contributed by atoms with Gasteiger partial charge in [0.05, 0.1) is 5.56 Å². The van der Waals surface area contributed by atoms with Gasteiger partial charge in [-0.3, -0.25) is 9.78 Å². The van der Waals surface area contributed by atoms with Gasteiger partial charge >= 0.3 is 6.18 Å². The molecular weight excluding hydrogens is 354 g/mol. The lowest BCUT2D eigenvalue weighted by molar-refractivity contribution is -0.137. The van der Waals surface area contributed by atoms with Crippen LogP contribution in [0.2, 0.25) is 0 Å². The van der Waals surface area contributed by atoms with Crippen molar-refractivity contribution in [3.63, 3.8) is 0 Å². The van der Waals surface area contributed by atoms with Crippen molar-refractivity contribution in [2.45, 2.75) is 37.9 Å². The molecule has 1 aliphatic carbocycles. The van der Waals surface area contributed by atoms with Crippen LogP contribution >= 0.6 is 24.8 Å². The monoisotopic (exact) mass is 373 g/mol. The van der Waals surface area contributed by atoms with Crippen molar-refractivity contribution < 1.29 is 18.0 Å². The Bertz CT molecular complexity index is 497. The third-order valence-corrected chi connectivity index (χ3v) is 3.70. The van der Waals surface area contributed by atoms with Crippen LogP contribution in [0.15, 0.2) is 18.3 Å². The molecule has 0 saturated heterocycles. The standard InChI is InChI=1S/C14H18F3N3O.2ClH/c15-14(16,17)10-4-5-12(19-8-10)13(21)20-7-9-2-1-3-11(18)6-9;;/h4-5,8-9,11H,1-3,6-7,18H2,(H,20,21);2*1H.